The van der Waals surface area contributed by atoms with E-state index in [1.165, 1.54) is 0 Å². The molecular weight excluding hydrogens is 343 g/mol. The summed E-state index contributed by atoms with van der Waals surface area (Å²) in [5, 5.41) is 4.53. The number of carbonyl (C=O) groups excluding carboxylic acids is 1. The second-order valence-corrected chi connectivity index (χ2v) is 6.01. The van der Waals surface area contributed by atoms with E-state index >= 15 is 0 Å². The minimum atomic E-state index is -0.171. The molecule has 0 bridgehead atoms. The van der Waals surface area contributed by atoms with E-state index in [9.17, 15) is 4.79 Å². The lowest BCUT2D eigenvalue weighted by molar-refractivity contribution is 0.0959. The van der Waals surface area contributed by atoms with Gasteiger partial charge in [-0.2, -0.15) is 0 Å². The number of halogens is 2. The predicted molar refractivity (Wildman–Crippen MR) is 99.7 cm³/mol. The third-order valence-corrected chi connectivity index (χ3v) is 4.32. The second kappa shape index (κ2) is 7.04. The van der Waals surface area contributed by atoms with Crippen LogP contribution in [0.4, 0.5) is 0 Å². The summed E-state index contributed by atoms with van der Waals surface area (Å²) in [5.74, 6) is -0.171. The van der Waals surface area contributed by atoms with E-state index in [0.29, 0.717) is 27.8 Å². The fourth-order valence-corrected chi connectivity index (χ4v) is 2.72. The van der Waals surface area contributed by atoms with E-state index in [0.717, 1.165) is 16.5 Å². The van der Waals surface area contributed by atoms with Crippen LogP contribution in [0.5, 0.6) is 0 Å². The molecule has 1 heterocycles. The number of carbonyl (C=O) groups is 1. The number of nitrogens with one attached hydrogen (secondary N) is 1. The van der Waals surface area contributed by atoms with Gasteiger partial charge in [0.1, 0.15) is 0 Å². The zero-order valence-electron chi connectivity index (χ0n) is 12.7. The molecule has 2 aromatic carbocycles. The second-order valence-electron chi connectivity index (χ2n) is 5.20. The molecule has 120 valence electrons. The van der Waals surface area contributed by atoms with Crippen molar-refractivity contribution < 1.29 is 4.79 Å². The fourth-order valence-electron chi connectivity index (χ4n) is 2.43. The van der Waals surface area contributed by atoms with E-state index in [4.69, 9.17) is 23.2 Å². The molecule has 3 aromatic rings. The van der Waals surface area contributed by atoms with Crippen LogP contribution in [0.15, 0.2) is 61.2 Å². The molecule has 3 rings (SSSR count). The minimum absolute atomic E-state index is 0.171. The van der Waals surface area contributed by atoms with Crippen molar-refractivity contribution in [2.24, 2.45) is 0 Å². The number of pyridine rings is 1. The Morgan fingerprint density at radius 1 is 1.12 bits per heavy atom. The molecule has 0 radical (unpaired) electrons. The lowest BCUT2D eigenvalue weighted by atomic mass is 10.0. The van der Waals surface area contributed by atoms with Crippen molar-refractivity contribution >= 4 is 40.0 Å². The van der Waals surface area contributed by atoms with Gasteiger partial charge in [0.2, 0.25) is 0 Å². The van der Waals surface area contributed by atoms with E-state index in [1.807, 2.05) is 30.3 Å². The van der Waals surface area contributed by atoms with Crippen LogP contribution in [0.3, 0.4) is 0 Å². The zero-order valence-corrected chi connectivity index (χ0v) is 14.2. The van der Waals surface area contributed by atoms with Gasteiger partial charge in [-0.3, -0.25) is 4.79 Å². The molecule has 0 atom stereocenters. The van der Waals surface area contributed by atoms with Crippen molar-refractivity contribution in [3.63, 3.8) is 0 Å². The normalized spacial score (nSPS) is 10.6. The molecule has 0 aliphatic heterocycles. The van der Waals surface area contributed by atoms with Crippen molar-refractivity contribution in [3.05, 3.63) is 76.8 Å². The number of amides is 1. The third-order valence-electron chi connectivity index (χ3n) is 3.58. The largest absolute Gasteiger partial charge is 0.349 e. The molecular formula is C19H14Cl2N2O. The van der Waals surface area contributed by atoms with Crippen molar-refractivity contribution in [2.75, 3.05) is 6.54 Å². The Labute approximate surface area is 149 Å². The molecule has 0 aliphatic carbocycles. The van der Waals surface area contributed by atoms with E-state index in [-0.39, 0.29) is 5.91 Å². The third kappa shape index (κ3) is 3.28. The summed E-state index contributed by atoms with van der Waals surface area (Å²) >= 11 is 12.1. The van der Waals surface area contributed by atoms with Gasteiger partial charge in [-0.1, -0.05) is 53.5 Å². The smallest absolute Gasteiger partial charge is 0.252 e. The van der Waals surface area contributed by atoms with Crippen molar-refractivity contribution in [1.82, 2.24) is 10.3 Å². The van der Waals surface area contributed by atoms with Crippen LogP contribution in [-0.4, -0.2) is 17.4 Å². The first-order chi connectivity index (χ1) is 11.6. The molecule has 0 saturated heterocycles. The maximum Gasteiger partial charge on any atom is 0.252 e. The van der Waals surface area contributed by atoms with Crippen molar-refractivity contribution in [3.8, 4) is 11.3 Å². The van der Waals surface area contributed by atoms with Crippen LogP contribution in [-0.2, 0) is 0 Å². The van der Waals surface area contributed by atoms with E-state index in [2.05, 4.69) is 16.9 Å². The topological polar surface area (TPSA) is 42.0 Å². The standard InChI is InChI=1S/C19H14Cl2N2O/c1-2-9-22-19(24)14-11-18(12-7-8-15(20)16(21)10-12)23-17-6-4-3-5-13(14)17/h2-8,10-11H,1,9H2,(H,22,24). The quantitative estimate of drug-likeness (QED) is 0.658. The van der Waals surface area contributed by atoms with Crippen molar-refractivity contribution in [1.29, 1.82) is 0 Å². The summed E-state index contributed by atoms with van der Waals surface area (Å²) in [4.78, 5) is 17.1. The van der Waals surface area contributed by atoms with Crippen LogP contribution < -0.4 is 5.32 Å². The molecule has 24 heavy (non-hydrogen) atoms. The summed E-state index contributed by atoms with van der Waals surface area (Å²) in [6.45, 7) is 4.02. The van der Waals surface area contributed by atoms with E-state index in [1.54, 1.807) is 24.3 Å². The average molecular weight is 357 g/mol. The first-order valence-corrected chi connectivity index (χ1v) is 8.10. The molecule has 0 aliphatic rings. The Morgan fingerprint density at radius 2 is 1.92 bits per heavy atom. The predicted octanol–water partition coefficient (Wildman–Crippen LogP) is 5.12. The Bertz CT molecular complexity index is 938. The number of hydrogen-bond acceptors (Lipinski definition) is 2. The molecule has 5 heteroatoms. The first kappa shape index (κ1) is 16.5. The lowest BCUT2D eigenvalue weighted by Gasteiger charge is -2.10. The van der Waals surface area contributed by atoms with Crippen LogP contribution in [0, 0.1) is 0 Å². The van der Waals surface area contributed by atoms with E-state index < -0.39 is 0 Å². The van der Waals surface area contributed by atoms with Gasteiger partial charge in [-0.25, -0.2) is 4.98 Å². The number of hydrogen-bond donors (Lipinski definition) is 1. The molecule has 1 amide bonds. The molecule has 0 fully saturated rings. The molecule has 1 N–H and O–H groups in total. The van der Waals surface area contributed by atoms with Gasteiger partial charge < -0.3 is 5.32 Å². The van der Waals surface area contributed by atoms with Crippen molar-refractivity contribution in [2.45, 2.75) is 0 Å². The summed E-state index contributed by atoms with van der Waals surface area (Å²) in [6, 6.07) is 14.6. The number of nitrogens with zero attached hydrogens (tertiary/aromatic N) is 1. The molecule has 3 nitrogen and oxygen atoms in total. The lowest BCUT2D eigenvalue weighted by Crippen LogP contribution is -2.23. The highest BCUT2D eigenvalue weighted by atomic mass is 35.5. The number of aromatic nitrogens is 1. The molecule has 1 aromatic heterocycles. The Morgan fingerprint density at radius 3 is 2.67 bits per heavy atom. The minimum Gasteiger partial charge on any atom is -0.349 e. The van der Waals surface area contributed by atoms with Gasteiger partial charge in [-0.05, 0) is 24.3 Å². The van der Waals surface area contributed by atoms with Crippen LogP contribution >= 0.6 is 23.2 Å². The van der Waals surface area contributed by atoms with Gasteiger partial charge in [0.05, 0.1) is 26.8 Å². The molecule has 0 spiro atoms. The van der Waals surface area contributed by atoms with Crippen LogP contribution in [0.2, 0.25) is 10.0 Å². The van der Waals surface area contributed by atoms with Gasteiger partial charge in [0, 0.05) is 17.5 Å². The Kier molecular flexibility index (Phi) is 4.84. The summed E-state index contributed by atoms with van der Waals surface area (Å²) in [6.07, 6.45) is 1.64. The van der Waals surface area contributed by atoms with Gasteiger partial charge in [-0.15, -0.1) is 6.58 Å². The summed E-state index contributed by atoms with van der Waals surface area (Å²) in [5.41, 5.74) is 2.76. The highest BCUT2D eigenvalue weighted by Gasteiger charge is 2.14. The van der Waals surface area contributed by atoms with Crippen LogP contribution in [0.25, 0.3) is 22.2 Å². The maximum atomic E-state index is 12.5. The monoisotopic (exact) mass is 356 g/mol. The first-order valence-electron chi connectivity index (χ1n) is 7.34. The van der Waals surface area contributed by atoms with Gasteiger partial charge in [0.25, 0.3) is 5.91 Å². The highest BCUT2D eigenvalue weighted by Crippen LogP contribution is 2.30. The highest BCUT2D eigenvalue weighted by molar-refractivity contribution is 6.42. The number of benzene rings is 2. The summed E-state index contributed by atoms with van der Waals surface area (Å²) in [7, 11) is 0. The van der Waals surface area contributed by atoms with Crippen LogP contribution in [0.1, 0.15) is 10.4 Å². The SMILES string of the molecule is C=CCNC(=O)c1cc(-c2ccc(Cl)c(Cl)c2)nc2ccccc12. The average Bonchev–Trinajstić information content (AvgIpc) is 2.61. The number of fused-ring (bicyclic) bond motifs is 1. The van der Waals surface area contributed by atoms with Gasteiger partial charge in [0.15, 0.2) is 0 Å². The number of rotatable bonds is 4. The Balaban J connectivity index is 2.17. The number of para-hydroxylation sites is 1. The Hall–Kier alpha value is -2.36. The summed E-state index contributed by atoms with van der Waals surface area (Å²) < 4.78 is 0. The maximum absolute atomic E-state index is 12.5. The molecule has 0 saturated carbocycles. The van der Waals surface area contributed by atoms with Gasteiger partial charge >= 0.3 is 0 Å². The molecule has 0 unspecified atom stereocenters. The fraction of sp³-hybridized carbons (Fsp3) is 0.0526. The zero-order chi connectivity index (χ0) is 17.1.